The third-order valence-electron chi connectivity index (χ3n) is 1.85. The average Bonchev–Trinajstić information content (AvgIpc) is 2.73. The number of rotatable bonds is 2. The number of hydrogen-bond acceptors (Lipinski definition) is 5. The summed E-state index contributed by atoms with van der Waals surface area (Å²) >= 11 is 1.42. The minimum absolute atomic E-state index is 0.353. The molecule has 0 saturated heterocycles. The Bertz CT molecular complexity index is 498. The molecule has 0 unspecified atom stereocenters. The summed E-state index contributed by atoms with van der Waals surface area (Å²) in [5.41, 5.74) is 6.65. The van der Waals surface area contributed by atoms with E-state index in [2.05, 4.69) is 16.0 Å². The summed E-state index contributed by atoms with van der Waals surface area (Å²) in [6.07, 6.45) is 1.69. The van der Waals surface area contributed by atoms with Crippen molar-refractivity contribution in [3.8, 4) is 16.6 Å². The van der Waals surface area contributed by atoms with E-state index in [1.807, 2.05) is 18.2 Å². The van der Waals surface area contributed by atoms with Crippen molar-refractivity contribution in [2.45, 2.75) is 6.54 Å². The summed E-state index contributed by atoms with van der Waals surface area (Å²) in [6.45, 7) is 0.353. The molecule has 0 radical (unpaired) electrons. The molecule has 2 rings (SSSR count). The van der Waals surface area contributed by atoms with Crippen molar-refractivity contribution >= 4 is 11.3 Å². The first-order valence-electron chi connectivity index (χ1n) is 4.36. The molecule has 15 heavy (non-hydrogen) atoms. The van der Waals surface area contributed by atoms with Crippen LogP contribution in [0.1, 0.15) is 10.7 Å². The maximum absolute atomic E-state index is 8.91. The first-order valence-corrected chi connectivity index (χ1v) is 5.18. The molecule has 0 saturated carbocycles. The van der Waals surface area contributed by atoms with Crippen molar-refractivity contribution in [1.82, 2.24) is 9.97 Å². The zero-order valence-corrected chi connectivity index (χ0v) is 8.66. The number of thiazole rings is 1. The van der Waals surface area contributed by atoms with Gasteiger partial charge in [0.05, 0.1) is 10.6 Å². The van der Waals surface area contributed by atoms with Gasteiger partial charge < -0.3 is 5.73 Å². The molecule has 5 heteroatoms. The third kappa shape index (κ3) is 1.86. The van der Waals surface area contributed by atoms with E-state index in [9.17, 15) is 0 Å². The van der Waals surface area contributed by atoms with Gasteiger partial charge in [-0.2, -0.15) is 5.26 Å². The highest BCUT2D eigenvalue weighted by atomic mass is 32.1. The van der Waals surface area contributed by atoms with Crippen LogP contribution in [0, 0.1) is 11.3 Å². The Morgan fingerprint density at radius 2 is 2.33 bits per heavy atom. The third-order valence-corrected chi connectivity index (χ3v) is 2.95. The molecule has 0 spiro atoms. The second-order valence-corrected chi connectivity index (χ2v) is 3.90. The first kappa shape index (κ1) is 9.77. The minimum atomic E-state index is 0.353. The number of aromatic nitrogens is 2. The van der Waals surface area contributed by atoms with Gasteiger partial charge in [0.15, 0.2) is 5.69 Å². The van der Waals surface area contributed by atoms with Gasteiger partial charge >= 0.3 is 0 Å². The molecule has 0 aliphatic heterocycles. The van der Waals surface area contributed by atoms with Gasteiger partial charge in [0.1, 0.15) is 11.1 Å². The van der Waals surface area contributed by atoms with Crippen molar-refractivity contribution in [2.24, 2.45) is 5.73 Å². The predicted molar refractivity (Wildman–Crippen MR) is 58.0 cm³/mol. The molecule has 2 N–H and O–H groups in total. The monoisotopic (exact) mass is 216 g/mol. The van der Waals surface area contributed by atoms with E-state index in [0.29, 0.717) is 12.2 Å². The Balaban J connectivity index is 2.53. The number of pyridine rings is 1. The molecular formula is C10H8N4S. The highest BCUT2D eigenvalue weighted by Gasteiger charge is 2.12. The summed E-state index contributed by atoms with van der Waals surface area (Å²) in [5, 5.41) is 9.67. The van der Waals surface area contributed by atoms with Crippen LogP contribution < -0.4 is 5.73 Å². The van der Waals surface area contributed by atoms with E-state index in [1.54, 1.807) is 6.20 Å². The fourth-order valence-electron chi connectivity index (χ4n) is 1.20. The van der Waals surface area contributed by atoms with Crippen LogP contribution in [0.5, 0.6) is 0 Å². The molecule has 2 aromatic heterocycles. The molecule has 0 amide bonds. The molecule has 2 heterocycles. The highest BCUT2D eigenvalue weighted by molar-refractivity contribution is 7.15. The van der Waals surface area contributed by atoms with Crippen molar-refractivity contribution in [3.05, 3.63) is 35.1 Å². The normalized spacial score (nSPS) is 9.87. The standard InChI is InChI=1S/C10H8N4S/c11-5-8-10(15-9(6-12)14-8)7-3-1-2-4-13-7/h1-4H,6,12H2. The minimum Gasteiger partial charge on any atom is -0.325 e. The van der Waals surface area contributed by atoms with Gasteiger partial charge in [-0.1, -0.05) is 6.07 Å². The Morgan fingerprint density at radius 1 is 1.47 bits per heavy atom. The molecular weight excluding hydrogens is 208 g/mol. The summed E-state index contributed by atoms with van der Waals surface area (Å²) < 4.78 is 0. The SMILES string of the molecule is N#Cc1nc(CN)sc1-c1ccccn1. The van der Waals surface area contributed by atoms with E-state index >= 15 is 0 Å². The maximum atomic E-state index is 8.91. The van der Waals surface area contributed by atoms with E-state index in [4.69, 9.17) is 11.0 Å². The predicted octanol–water partition coefficient (Wildman–Crippen LogP) is 1.54. The lowest BCUT2D eigenvalue weighted by molar-refractivity contribution is 1.03. The van der Waals surface area contributed by atoms with Crippen LogP contribution in [0.4, 0.5) is 0 Å². The molecule has 0 aliphatic rings. The van der Waals surface area contributed by atoms with Gasteiger partial charge in [0.2, 0.25) is 0 Å². The van der Waals surface area contributed by atoms with Crippen LogP contribution in [-0.4, -0.2) is 9.97 Å². The van der Waals surface area contributed by atoms with Crippen molar-refractivity contribution in [2.75, 3.05) is 0 Å². The van der Waals surface area contributed by atoms with Gasteiger partial charge in [-0.25, -0.2) is 4.98 Å². The van der Waals surface area contributed by atoms with Crippen molar-refractivity contribution in [3.63, 3.8) is 0 Å². The van der Waals surface area contributed by atoms with Crippen LogP contribution >= 0.6 is 11.3 Å². The number of nitriles is 1. The van der Waals surface area contributed by atoms with Crippen molar-refractivity contribution < 1.29 is 0 Å². The molecule has 2 aromatic rings. The van der Waals surface area contributed by atoms with E-state index < -0.39 is 0 Å². The van der Waals surface area contributed by atoms with E-state index in [-0.39, 0.29) is 0 Å². The van der Waals surface area contributed by atoms with Gasteiger partial charge in [-0.15, -0.1) is 11.3 Å². The molecule has 0 bridgehead atoms. The largest absolute Gasteiger partial charge is 0.325 e. The zero-order valence-electron chi connectivity index (χ0n) is 7.84. The van der Waals surface area contributed by atoms with Gasteiger partial charge in [-0.05, 0) is 12.1 Å². The summed E-state index contributed by atoms with van der Waals surface area (Å²) in [6, 6.07) is 7.62. The van der Waals surface area contributed by atoms with Gasteiger partial charge in [0, 0.05) is 12.7 Å². The highest BCUT2D eigenvalue weighted by Crippen LogP contribution is 2.27. The Kier molecular flexibility index (Phi) is 2.72. The summed E-state index contributed by atoms with van der Waals surface area (Å²) in [4.78, 5) is 9.09. The van der Waals surface area contributed by atoms with E-state index in [1.165, 1.54) is 11.3 Å². The summed E-state index contributed by atoms with van der Waals surface area (Å²) in [5.74, 6) is 0. The van der Waals surface area contributed by atoms with Crippen LogP contribution in [0.15, 0.2) is 24.4 Å². The first-order chi connectivity index (χ1) is 7.35. The molecule has 0 fully saturated rings. The van der Waals surface area contributed by atoms with Crippen LogP contribution in [-0.2, 0) is 6.54 Å². The smallest absolute Gasteiger partial charge is 0.161 e. The molecule has 74 valence electrons. The lowest BCUT2D eigenvalue weighted by Crippen LogP contribution is -1.94. The topological polar surface area (TPSA) is 75.6 Å². The van der Waals surface area contributed by atoms with Gasteiger partial charge in [0.25, 0.3) is 0 Å². The Labute approximate surface area is 91.0 Å². The number of nitrogens with zero attached hydrogens (tertiary/aromatic N) is 3. The fourth-order valence-corrected chi connectivity index (χ4v) is 2.07. The lowest BCUT2D eigenvalue weighted by Gasteiger charge is -1.93. The summed E-state index contributed by atoms with van der Waals surface area (Å²) in [7, 11) is 0. The fraction of sp³-hybridized carbons (Fsp3) is 0.100. The van der Waals surface area contributed by atoms with Crippen molar-refractivity contribution in [1.29, 1.82) is 5.26 Å². The maximum Gasteiger partial charge on any atom is 0.161 e. The van der Waals surface area contributed by atoms with Gasteiger partial charge in [-0.3, -0.25) is 4.98 Å². The molecule has 4 nitrogen and oxygen atoms in total. The lowest BCUT2D eigenvalue weighted by atomic mass is 10.3. The quantitative estimate of drug-likeness (QED) is 0.826. The second-order valence-electron chi connectivity index (χ2n) is 2.82. The molecule has 0 aromatic carbocycles. The molecule has 0 atom stereocenters. The van der Waals surface area contributed by atoms with E-state index in [0.717, 1.165) is 15.6 Å². The number of nitrogens with two attached hydrogens (primary N) is 1. The zero-order chi connectivity index (χ0) is 10.7. The Hall–Kier alpha value is -1.77. The number of hydrogen-bond donors (Lipinski definition) is 1. The van der Waals surface area contributed by atoms with Crippen LogP contribution in [0.2, 0.25) is 0 Å². The van der Waals surface area contributed by atoms with Crippen LogP contribution in [0.25, 0.3) is 10.6 Å². The van der Waals surface area contributed by atoms with Crippen LogP contribution in [0.3, 0.4) is 0 Å². The second kappa shape index (κ2) is 4.17. The Morgan fingerprint density at radius 3 is 2.93 bits per heavy atom. The average molecular weight is 216 g/mol. The molecule has 0 aliphatic carbocycles.